The van der Waals surface area contributed by atoms with E-state index in [-0.39, 0.29) is 0 Å². The van der Waals surface area contributed by atoms with Crippen LogP contribution in [0.2, 0.25) is 0 Å². The third-order valence-corrected chi connectivity index (χ3v) is 6.28. The molecule has 150 valence electrons. The molecule has 0 radical (unpaired) electrons. The Kier molecular flexibility index (Phi) is 6.16. The fourth-order valence-electron chi connectivity index (χ4n) is 5.06. The van der Waals surface area contributed by atoms with Gasteiger partial charge in [-0.15, -0.1) is 0 Å². The largest absolute Gasteiger partial charge is 0.356 e. The van der Waals surface area contributed by atoms with Crippen LogP contribution in [0.5, 0.6) is 0 Å². The fourth-order valence-corrected chi connectivity index (χ4v) is 5.06. The van der Waals surface area contributed by atoms with Crippen molar-refractivity contribution in [1.29, 1.82) is 0 Å². The number of likely N-dealkylation sites (tertiary alicyclic amines) is 1. The van der Waals surface area contributed by atoms with Crippen molar-refractivity contribution in [2.24, 2.45) is 5.92 Å². The van der Waals surface area contributed by atoms with Gasteiger partial charge in [-0.25, -0.2) is 4.98 Å². The standard InChI is InChI=1S/C22H37N5/c1-17(2)15-26-12-8-9-18(16-26)23-22-24-20-11-7-10-19(20)21(25-22)27-13-5-3-4-6-14-27/h17-18H,3-16H2,1-2H3,(H,23,24,25)/t18-/m1/s1. The number of aromatic nitrogens is 2. The first-order valence-electron chi connectivity index (χ1n) is 11.3. The minimum atomic E-state index is 0.480. The van der Waals surface area contributed by atoms with E-state index in [0.717, 1.165) is 44.3 Å². The highest BCUT2D eigenvalue weighted by atomic mass is 15.3. The Labute approximate surface area is 164 Å². The van der Waals surface area contributed by atoms with E-state index in [1.165, 1.54) is 75.1 Å². The Morgan fingerprint density at radius 1 is 0.963 bits per heavy atom. The highest BCUT2D eigenvalue weighted by molar-refractivity contribution is 5.54. The molecule has 2 fully saturated rings. The number of anilines is 2. The van der Waals surface area contributed by atoms with Crippen molar-refractivity contribution >= 4 is 11.8 Å². The van der Waals surface area contributed by atoms with Crippen LogP contribution in [0.1, 0.15) is 70.1 Å². The molecule has 0 bridgehead atoms. The molecule has 4 rings (SSSR count). The molecule has 3 heterocycles. The van der Waals surface area contributed by atoms with Crippen LogP contribution < -0.4 is 10.2 Å². The SMILES string of the molecule is CC(C)CN1CCC[C@@H](Nc2nc3c(c(N4CCCCCC4)n2)CCC3)C1. The second kappa shape index (κ2) is 8.76. The van der Waals surface area contributed by atoms with Gasteiger partial charge in [0.05, 0.1) is 5.69 Å². The average Bonchev–Trinajstić information content (AvgIpc) is 2.94. The number of fused-ring (bicyclic) bond motifs is 1. The predicted octanol–water partition coefficient (Wildman–Crippen LogP) is 3.88. The molecule has 2 aliphatic heterocycles. The molecule has 0 amide bonds. The summed E-state index contributed by atoms with van der Waals surface area (Å²) in [5, 5.41) is 3.72. The summed E-state index contributed by atoms with van der Waals surface area (Å²) in [7, 11) is 0. The van der Waals surface area contributed by atoms with E-state index in [1.807, 2.05) is 0 Å². The van der Waals surface area contributed by atoms with Gasteiger partial charge in [0.15, 0.2) is 0 Å². The zero-order chi connectivity index (χ0) is 18.6. The summed E-state index contributed by atoms with van der Waals surface area (Å²) in [6.07, 6.45) is 11.3. The molecule has 3 aliphatic rings. The van der Waals surface area contributed by atoms with E-state index < -0.39 is 0 Å². The molecule has 0 aromatic carbocycles. The van der Waals surface area contributed by atoms with Crippen LogP contribution in [0.3, 0.4) is 0 Å². The lowest BCUT2D eigenvalue weighted by Crippen LogP contribution is -2.43. The van der Waals surface area contributed by atoms with Gasteiger partial charge < -0.3 is 15.1 Å². The van der Waals surface area contributed by atoms with Gasteiger partial charge in [0.1, 0.15) is 5.82 Å². The maximum absolute atomic E-state index is 5.07. The van der Waals surface area contributed by atoms with Gasteiger partial charge in [-0.1, -0.05) is 26.7 Å². The normalized spacial score (nSPS) is 24.1. The van der Waals surface area contributed by atoms with Gasteiger partial charge in [-0.2, -0.15) is 4.98 Å². The lowest BCUT2D eigenvalue weighted by atomic mass is 10.0. The minimum absolute atomic E-state index is 0.480. The lowest BCUT2D eigenvalue weighted by molar-refractivity contribution is 0.195. The first-order valence-corrected chi connectivity index (χ1v) is 11.3. The van der Waals surface area contributed by atoms with Gasteiger partial charge >= 0.3 is 0 Å². The zero-order valence-corrected chi connectivity index (χ0v) is 17.3. The van der Waals surface area contributed by atoms with Crippen molar-refractivity contribution in [1.82, 2.24) is 14.9 Å². The Morgan fingerprint density at radius 2 is 1.78 bits per heavy atom. The topological polar surface area (TPSA) is 44.3 Å². The minimum Gasteiger partial charge on any atom is -0.356 e. The van der Waals surface area contributed by atoms with Crippen LogP contribution >= 0.6 is 0 Å². The molecule has 1 N–H and O–H groups in total. The van der Waals surface area contributed by atoms with E-state index in [9.17, 15) is 0 Å². The van der Waals surface area contributed by atoms with E-state index in [2.05, 4.69) is 29.0 Å². The fraction of sp³-hybridized carbons (Fsp3) is 0.818. The molecule has 1 aliphatic carbocycles. The van der Waals surface area contributed by atoms with E-state index in [0.29, 0.717) is 6.04 Å². The molecule has 1 aromatic heterocycles. The molecule has 0 saturated carbocycles. The Hall–Kier alpha value is -1.36. The van der Waals surface area contributed by atoms with Gasteiger partial charge in [0.25, 0.3) is 0 Å². The maximum atomic E-state index is 5.07. The first kappa shape index (κ1) is 19.0. The predicted molar refractivity (Wildman–Crippen MR) is 113 cm³/mol. The first-order chi connectivity index (χ1) is 13.2. The number of hydrogen-bond acceptors (Lipinski definition) is 5. The highest BCUT2D eigenvalue weighted by Gasteiger charge is 2.26. The second-order valence-electron chi connectivity index (χ2n) is 9.19. The summed E-state index contributed by atoms with van der Waals surface area (Å²) >= 11 is 0. The quantitative estimate of drug-likeness (QED) is 0.851. The molecular formula is C22H37N5. The molecule has 5 nitrogen and oxygen atoms in total. The molecule has 27 heavy (non-hydrogen) atoms. The molecule has 0 spiro atoms. The summed E-state index contributed by atoms with van der Waals surface area (Å²) in [4.78, 5) is 15.2. The van der Waals surface area contributed by atoms with Crippen molar-refractivity contribution in [3.8, 4) is 0 Å². The molecule has 1 aromatic rings. The lowest BCUT2D eigenvalue weighted by Gasteiger charge is -2.34. The molecule has 2 saturated heterocycles. The van der Waals surface area contributed by atoms with Crippen LogP contribution in [0.15, 0.2) is 0 Å². The number of rotatable bonds is 5. The molecule has 5 heteroatoms. The van der Waals surface area contributed by atoms with E-state index >= 15 is 0 Å². The molecule has 0 unspecified atom stereocenters. The Balaban J connectivity index is 1.50. The van der Waals surface area contributed by atoms with Crippen molar-refractivity contribution in [3.63, 3.8) is 0 Å². The second-order valence-corrected chi connectivity index (χ2v) is 9.19. The van der Waals surface area contributed by atoms with Gasteiger partial charge in [0.2, 0.25) is 5.95 Å². The number of nitrogens with zero attached hydrogens (tertiary/aromatic N) is 4. The van der Waals surface area contributed by atoms with Crippen molar-refractivity contribution in [2.75, 3.05) is 42.9 Å². The summed E-state index contributed by atoms with van der Waals surface area (Å²) in [6.45, 7) is 10.5. The molecule has 1 atom stereocenters. The average molecular weight is 372 g/mol. The third kappa shape index (κ3) is 4.74. The monoisotopic (exact) mass is 371 g/mol. The van der Waals surface area contributed by atoms with Crippen LogP contribution in [0.4, 0.5) is 11.8 Å². The van der Waals surface area contributed by atoms with Crippen molar-refractivity contribution in [3.05, 3.63) is 11.3 Å². The number of aryl methyl sites for hydroxylation is 1. The Bertz CT molecular complexity index is 621. The van der Waals surface area contributed by atoms with Crippen LogP contribution in [-0.4, -0.2) is 53.6 Å². The van der Waals surface area contributed by atoms with E-state index in [4.69, 9.17) is 9.97 Å². The molecular weight excluding hydrogens is 334 g/mol. The van der Waals surface area contributed by atoms with E-state index in [1.54, 1.807) is 0 Å². The summed E-state index contributed by atoms with van der Waals surface area (Å²) in [5.74, 6) is 2.86. The van der Waals surface area contributed by atoms with Gasteiger partial charge in [-0.05, 0) is 57.4 Å². The van der Waals surface area contributed by atoms with Gasteiger partial charge in [-0.3, -0.25) is 0 Å². The van der Waals surface area contributed by atoms with Crippen molar-refractivity contribution < 1.29 is 0 Å². The number of nitrogens with one attached hydrogen (secondary N) is 1. The third-order valence-electron chi connectivity index (χ3n) is 6.28. The summed E-state index contributed by atoms with van der Waals surface area (Å²) < 4.78 is 0. The Morgan fingerprint density at radius 3 is 2.56 bits per heavy atom. The van der Waals surface area contributed by atoms with Crippen LogP contribution in [0.25, 0.3) is 0 Å². The summed E-state index contributed by atoms with van der Waals surface area (Å²) in [5.41, 5.74) is 2.74. The number of hydrogen-bond donors (Lipinski definition) is 1. The van der Waals surface area contributed by atoms with Gasteiger partial charge in [0, 0.05) is 37.8 Å². The van der Waals surface area contributed by atoms with Crippen LogP contribution in [0, 0.1) is 5.92 Å². The maximum Gasteiger partial charge on any atom is 0.225 e. The van der Waals surface area contributed by atoms with Crippen molar-refractivity contribution in [2.45, 2.75) is 77.7 Å². The number of piperidine rings is 1. The highest BCUT2D eigenvalue weighted by Crippen LogP contribution is 2.31. The summed E-state index contributed by atoms with van der Waals surface area (Å²) in [6, 6.07) is 0.480. The smallest absolute Gasteiger partial charge is 0.225 e. The zero-order valence-electron chi connectivity index (χ0n) is 17.3. The van der Waals surface area contributed by atoms with Crippen LogP contribution in [-0.2, 0) is 12.8 Å².